The molecule has 1 N–H and O–H groups in total. The number of hydrogen-bond acceptors (Lipinski definition) is 5. The molecule has 19 heavy (non-hydrogen) atoms. The summed E-state index contributed by atoms with van der Waals surface area (Å²) in [7, 11) is -3.13. The maximum absolute atomic E-state index is 12.4. The minimum absolute atomic E-state index is 0.0267. The van der Waals surface area contributed by atoms with Gasteiger partial charge in [0.2, 0.25) is 5.91 Å². The van der Waals surface area contributed by atoms with E-state index in [9.17, 15) is 18.0 Å². The van der Waals surface area contributed by atoms with Gasteiger partial charge in [-0.15, -0.1) is 11.8 Å². The van der Waals surface area contributed by atoms with Crippen molar-refractivity contribution >= 4 is 33.5 Å². The van der Waals surface area contributed by atoms with Crippen LogP contribution in [0.1, 0.15) is 19.8 Å². The minimum atomic E-state index is -3.13. The Balaban J connectivity index is 2.17. The Morgan fingerprint density at radius 1 is 1.42 bits per heavy atom. The van der Waals surface area contributed by atoms with Crippen molar-refractivity contribution in [3.63, 3.8) is 0 Å². The summed E-state index contributed by atoms with van der Waals surface area (Å²) in [6.45, 7) is 1.90. The number of amides is 1. The van der Waals surface area contributed by atoms with Gasteiger partial charge in [0.05, 0.1) is 22.8 Å². The van der Waals surface area contributed by atoms with Crippen molar-refractivity contribution in [3.05, 3.63) is 0 Å². The van der Waals surface area contributed by atoms with Crippen molar-refractivity contribution in [3.8, 4) is 0 Å². The highest BCUT2D eigenvalue weighted by Crippen LogP contribution is 2.34. The molecule has 0 aromatic rings. The van der Waals surface area contributed by atoms with E-state index in [1.54, 1.807) is 0 Å². The Morgan fingerprint density at radius 3 is 2.58 bits per heavy atom. The number of sulfone groups is 1. The molecule has 2 heterocycles. The van der Waals surface area contributed by atoms with Gasteiger partial charge in [-0.1, -0.05) is 6.92 Å². The fourth-order valence-electron chi connectivity index (χ4n) is 2.56. The number of carbonyl (C=O) groups is 2. The third kappa shape index (κ3) is 2.89. The Morgan fingerprint density at radius 2 is 2.11 bits per heavy atom. The molecule has 0 aliphatic carbocycles. The van der Waals surface area contributed by atoms with Gasteiger partial charge in [0, 0.05) is 5.75 Å². The van der Waals surface area contributed by atoms with Crippen LogP contribution in [0, 0.1) is 5.92 Å². The summed E-state index contributed by atoms with van der Waals surface area (Å²) in [6.07, 6.45) is 0.977. The molecule has 3 unspecified atom stereocenters. The monoisotopic (exact) mass is 307 g/mol. The second-order valence-electron chi connectivity index (χ2n) is 4.90. The van der Waals surface area contributed by atoms with E-state index in [0.29, 0.717) is 18.6 Å². The summed E-state index contributed by atoms with van der Waals surface area (Å²) >= 11 is 1.45. The maximum atomic E-state index is 12.4. The second kappa shape index (κ2) is 5.32. The molecule has 2 fully saturated rings. The van der Waals surface area contributed by atoms with E-state index in [1.165, 1.54) is 16.7 Å². The smallest absolute Gasteiger partial charge is 0.327 e. The van der Waals surface area contributed by atoms with Crippen molar-refractivity contribution in [2.45, 2.75) is 31.2 Å². The van der Waals surface area contributed by atoms with Gasteiger partial charge in [0.25, 0.3) is 0 Å². The van der Waals surface area contributed by atoms with Crippen molar-refractivity contribution in [1.82, 2.24) is 4.90 Å². The van der Waals surface area contributed by atoms with Crippen molar-refractivity contribution in [2.75, 3.05) is 17.3 Å². The molecule has 0 radical (unpaired) electrons. The highest BCUT2D eigenvalue weighted by atomic mass is 32.2. The molecule has 2 aliphatic heterocycles. The number of carboxylic acid groups (broad SMARTS) is 1. The van der Waals surface area contributed by atoms with E-state index in [-0.39, 0.29) is 22.8 Å². The zero-order chi connectivity index (χ0) is 14.2. The normalized spacial score (nSPS) is 33.5. The van der Waals surface area contributed by atoms with E-state index >= 15 is 0 Å². The molecule has 108 valence electrons. The predicted octanol–water partition coefficient (Wildman–Crippen LogP) is 0.186. The largest absolute Gasteiger partial charge is 0.480 e. The Kier molecular flexibility index (Phi) is 4.10. The van der Waals surface area contributed by atoms with Gasteiger partial charge in [0.15, 0.2) is 9.84 Å². The van der Waals surface area contributed by atoms with Gasteiger partial charge in [-0.2, -0.15) is 0 Å². The molecule has 6 nitrogen and oxygen atoms in total. The van der Waals surface area contributed by atoms with Crippen LogP contribution < -0.4 is 0 Å². The highest BCUT2D eigenvalue weighted by Gasteiger charge is 2.45. The number of carbonyl (C=O) groups excluding carboxylic acids is 1. The lowest BCUT2D eigenvalue weighted by Crippen LogP contribution is -2.48. The SMILES string of the molecule is CCC1SCC(C(=O)O)N1C(=O)C1CCS(=O)(=O)C1. The van der Waals surface area contributed by atoms with Crippen molar-refractivity contribution in [2.24, 2.45) is 5.92 Å². The number of hydrogen-bond donors (Lipinski definition) is 1. The lowest BCUT2D eigenvalue weighted by Gasteiger charge is -2.28. The lowest BCUT2D eigenvalue weighted by atomic mass is 10.1. The van der Waals surface area contributed by atoms with Crippen LogP contribution in [-0.2, 0) is 19.4 Å². The number of carboxylic acids is 1. The number of thioether (sulfide) groups is 1. The molecule has 8 heteroatoms. The van der Waals surface area contributed by atoms with Crippen molar-refractivity contribution in [1.29, 1.82) is 0 Å². The molecule has 2 aliphatic rings. The van der Waals surface area contributed by atoms with E-state index < -0.39 is 27.8 Å². The van der Waals surface area contributed by atoms with Crippen LogP contribution in [0.2, 0.25) is 0 Å². The Hall–Kier alpha value is -0.760. The summed E-state index contributed by atoms with van der Waals surface area (Å²) in [5, 5.41) is 9.01. The van der Waals surface area contributed by atoms with Gasteiger partial charge < -0.3 is 10.0 Å². The molecule has 0 saturated carbocycles. The van der Waals surface area contributed by atoms with Gasteiger partial charge in [-0.05, 0) is 12.8 Å². The number of nitrogens with zero attached hydrogens (tertiary/aromatic N) is 1. The number of aliphatic carboxylic acids is 1. The molecule has 0 aromatic heterocycles. The zero-order valence-electron chi connectivity index (χ0n) is 10.6. The molecule has 3 atom stereocenters. The van der Waals surface area contributed by atoms with Crippen molar-refractivity contribution < 1.29 is 23.1 Å². The first-order valence-electron chi connectivity index (χ1n) is 6.22. The van der Waals surface area contributed by atoms with E-state index in [1.807, 2.05) is 6.92 Å². The zero-order valence-corrected chi connectivity index (χ0v) is 12.2. The third-order valence-electron chi connectivity index (χ3n) is 3.56. The van der Waals surface area contributed by atoms with E-state index in [0.717, 1.165) is 0 Å². The molecular weight excluding hydrogens is 290 g/mol. The molecule has 2 saturated heterocycles. The van der Waals surface area contributed by atoms with E-state index in [2.05, 4.69) is 0 Å². The predicted molar refractivity (Wildman–Crippen MR) is 71.6 cm³/mol. The van der Waals surface area contributed by atoms with Crippen LogP contribution in [0.25, 0.3) is 0 Å². The minimum Gasteiger partial charge on any atom is -0.480 e. The molecule has 2 rings (SSSR count). The lowest BCUT2D eigenvalue weighted by molar-refractivity contribution is -0.150. The van der Waals surface area contributed by atoms with Crippen LogP contribution in [0.5, 0.6) is 0 Å². The summed E-state index contributed by atoms with van der Waals surface area (Å²) in [4.78, 5) is 25.0. The topological polar surface area (TPSA) is 91.8 Å². The fraction of sp³-hybridized carbons (Fsp3) is 0.818. The second-order valence-corrected chi connectivity index (χ2v) is 8.34. The summed E-state index contributed by atoms with van der Waals surface area (Å²) in [5.74, 6) is -1.64. The van der Waals surface area contributed by atoms with Crippen LogP contribution >= 0.6 is 11.8 Å². The average molecular weight is 307 g/mol. The Bertz CT molecular complexity index is 489. The van der Waals surface area contributed by atoms with Gasteiger partial charge in [-0.25, -0.2) is 13.2 Å². The average Bonchev–Trinajstić information content (AvgIpc) is 2.91. The van der Waals surface area contributed by atoms with Crippen LogP contribution in [0.15, 0.2) is 0 Å². The van der Waals surface area contributed by atoms with Gasteiger partial charge in [-0.3, -0.25) is 4.79 Å². The van der Waals surface area contributed by atoms with Gasteiger partial charge >= 0.3 is 5.97 Å². The first-order chi connectivity index (χ1) is 8.85. The summed E-state index contributed by atoms with van der Waals surface area (Å²) < 4.78 is 22.9. The summed E-state index contributed by atoms with van der Waals surface area (Å²) in [6, 6.07) is -0.828. The first kappa shape index (κ1) is 14.6. The van der Waals surface area contributed by atoms with Crippen LogP contribution in [0.3, 0.4) is 0 Å². The first-order valence-corrected chi connectivity index (χ1v) is 9.09. The van der Waals surface area contributed by atoms with Gasteiger partial charge in [0.1, 0.15) is 6.04 Å². The quantitative estimate of drug-likeness (QED) is 0.800. The van der Waals surface area contributed by atoms with E-state index in [4.69, 9.17) is 5.11 Å². The standard InChI is InChI=1S/C11H17NO5S2/c1-2-9-12(8(5-18-9)11(14)15)10(13)7-3-4-19(16,17)6-7/h7-9H,2-6H2,1H3,(H,14,15). The molecule has 0 aromatic carbocycles. The maximum Gasteiger partial charge on any atom is 0.327 e. The number of rotatable bonds is 3. The summed E-state index contributed by atoms with van der Waals surface area (Å²) in [5.41, 5.74) is 0. The molecule has 0 spiro atoms. The molecule has 1 amide bonds. The third-order valence-corrected chi connectivity index (χ3v) is 6.78. The molecule has 0 bridgehead atoms. The fourth-order valence-corrected chi connectivity index (χ4v) is 5.65. The molecular formula is C11H17NO5S2. The Labute approximate surface area is 116 Å². The van der Waals surface area contributed by atoms with Crippen LogP contribution in [-0.4, -0.2) is 59.0 Å². The highest BCUT2D eigenvalue weighted by molar-refractivity contribution is 8.00. The van der Waals surface area contributed by atoms with Crippen LogP contribution in [0.4, 0.5) is 0 Å².